The van der Waals surface area contributed by atoms with E-state index in [1.807, 2.05) is 46.2 Å². The van der Waals surface area contributed by atoms with Gasteiger partial charge in [0.15, 0.2) is 11.3 Å². The Hall–Kier alpha value is -4.05. The van der Waals surface area contributed by atoms with Gasteiger partial charge in [-0.3, -0.25) is 0 Å². The van der Waals surface area contributed by atoms with Crippen LogP contribution in [-0.4, -0.2) is 19.7 Å². The number of thiophene rings is 1. The molecule has 1 aromatic carbocycles. The maximum absolute atomic E-state index is 9.93. The Morgan fingerprint density at radius 3 is 1.90 bits per heavy atom. The molecule has 6 heteroatoms. The lowest BCUT2D eigenvalue weighted by atomic mass is 9.93. The van der Waals surface area contributed by atoms with Crippen molar-refractivity contribution in [3.8, 4) is 18.2 Å². The Bertz CT molecular complexity index is 1450. The summed E-state index contributed by atoms with van der Waals surface area (Å²) in [4.78, 5) is 4.54. The Kier molecular flexibility index (Phi) is 10.6. The fraction of sp³-hybridized carbons (Fsp3) is 0.382. The molecule has 5 nitrogen and oxygen atoms in total. The van der Waals surface area contributed by atoms with Gasteiger partial charge in [0.25, 0.3) is 0 Å². The number of allylic oxidation sites excluding steroid dienone is 2. The van der Waals surface area contributed by atoms with Gasteiger partial charge in [0.2, 0.25) is 0 Å². The second-order valence-electron chi connectivity index (χ2n) is 10.6. The van der Waals surface area contributed by atoms with Crippen LogP contribution in [0.5, 0.6) is 0 Å². The van der Waals surface area contributed by atoms with E-state index in [9.17, 15) is 15.8 Å². The van der Waals surface area contributed by atoms with Crippen LogP contribution in [-0.2, 0) is 17.6 Å². The molecule has 1 aliphatic rings. The van der Waals surface area contributed by atoms with Gasteiger partial charge in [0.1, 0.15) is 29.4 Å². The molecule has 2 aromatic rings. The highest BCUT2D eigenvalue weighted by Gasteiger charge is 2.38. The number of rotatable bonds is 11. The standard InChI is InChI=1S/C34H38N4OS/c1-7-9-11-27-28(12-10-8-2)32(40-31(27)19-15-24-13-16-26(17-14-24)38(5)6)20-18-30-29(23-37)33(25(21-35)22-36)39-34(30,3)4/h13-20H,7-12H2,1-6H3/b19-15+,20-18+. The van der Waals surface area contributed by atoms with Crippen molar-refractivity contribution in [1.29, 1.82) is 15.8 Å². The molecule has 0 unspecified atom stereocenters. The summed E-state index contributed by atoms with van der Waals surface area (Å²) in [6, 6.07) is 14.5. The highest BCUT2D eigenvalue weighted by Crippen LogP contribution is 2.41. The number of nitriles is 3. The normalized spacial score (nSPS) is 14.3. The number of benzene rings is 1. The fourth-order valence-electron chi connectivity index (χ4n) is 4.76. The summed E-state index contributed by atoms with van der Waals surface area (Å²) in [6.07, 6.45) is 15.0. The quantitative estimate of drug-likeness (QED) is 0.262. The van der Waals surface area contributed by atoms with Gasteiger partial charge in [-0.15, -0.1) is 11.3 Å². The van der Waals surface area contributed by atoms with E-state index in [0.717, 1.165) is 44.1 Å². The molecule has 40 heavy (non-hydrogen) atoms. The summed E-state index contributed by atoms with van der Waals surface area (Å²) in [5.74, 6) is 0.0714. The summed E-state index contributed by atoms with van der Waals surface area (Å²) in [5.41, 5.74) is 5.03. The molecule has 0 N–H and O–H groups in total. The van der Waals surface area contributed by atoms with Gasteiger partial charge < -0.3 is 9.64 Å². The van der Waals surface area contributed by atoms with Crippen molar-refractivity contribution < 1.29 is 4.74 Å². The number of nitrogens with zero attached hydrogens (tertiary/aromatic N) is 4. The fourth-order valence-corrected chi connectivity index (χ4v) is 5.97. The lowest BCUT2D eigenvalue weighted by molar-refractivity contribution is 0.0954. The molecule has 0 spiro atoms. The molecule has 0 saturated carbocycles. The molecule has 0 radical (unpaired) electrons. The van der Waals surface area contributed by atoms with Crippen LogP contribution in [0, 0.1) is 34.0 Å². The zero-order chi connectivity index (χ0) is 29.3. The lowest BCUT2D eigenvalue weighted by Crippen LogP contribution is -2.20. The molecule has 0 aliphatic carbocycles. The minimum absolute atomic E-state index is 0.0714. The van der Waals surface area contributed by atoms with Crippen LogP contribution in [0.1, 0.15) is 79.8 Å². The third-order valence-electron chi connectivity index (χ3n) is 7.04. The van der Waals surface area contributed by atoms with E-state index < -0.39 is 5.60 Å². The largest absolute Gasteiger partial charge is 0.480 e. The van der Waals surface area contributed by atoms with Crippen LogP contribution in [0.3, 0.4) is 0 Å². The molecule has 206 valence electrons. The summed E-state index contributed by atoms with van der Waals surface area (Å²) in [6.45, 7) is 8.15. The van der Waals surface area contributed by atoms with E-state index in [0.29, 0.717) is 5.57 Å². The predicted octanol–water partition coefficient (Wildman–Crippen LogP) is 8.61. The van der Waals surface area contributed by atoms with Crippen LogP contribution in [0.2, 0.25) is 0 Å². The Balaban J connectivity index is 2.11. The Labute approximate surface area is 243 Å². The number of unbranched alkanes of at least 4 members (excludes halogenated alkanes) is 2. The summed E-state index contributed by atoms with van der Waals surface area (Å²) in [7, 11) is 4.09. The van der Waals surface area contributed by atoms with Crippen LogP contribution in [0.15, 0.2) is 52.8 Å². The topological polar surface area (TPSA) is 83.8 Å². The average Bonchev–Trinajstić information content (AvgIpc) is 3.40. The first-order valence-corrected chi connectivity index (χ1v) is 14.7. The average molecular weight is 551 g/mol. The summed E-state index contributed by atoms with van der Waals surface area (Å²) < 4.78 is 5.96. The molecule has 0 atom stereocenters. The Morgan fingerprint density at radius 1 is 0.875 bits per heavy atom. The van der Waals surface area contributed by atoms with Crippen LogP contribution in [0.4, 0.5) is 5.69 Å². The minimum atomic E-state index is -0.830. The van der Waals surface area contributed by atoms with Crippen molar-refractivity contribution in [2.75, 3.05) is 19.0 Å². The number of hydrogen-bond donors (Lipinski definition) is 0. The van der Waals surface area contributed by atoms with Gasteiger partial charge in [0.05, 0.1) is 0 Å². The van der Waals surface area contributed by atoms with E-state index in [-0.39, 0.29) is 16.9 Å². The Morgan fingerprint density at radius 2 is 1.43 bits per heavy atom. The zero-order valence-corrected chi connectivity index (χ0v) is 25.3. The van der Waals surface area contributed by atoms with Gasteiger partial charge >= 0.3 is 0 Å². The SMILES string of the molecule is CCCCc1c(/C=C/C2=C(C#N)C(=C(C#N)C#N)OC2(C)C)sc(/C=C/c2ccc(N(C)C)cc2)c1CCCC. The molecule has 1 aromatic heterocycles. The second-order valence-corrected chi connectivity index (χ2v) is 11.7. The van der Waals surface area contributed by atoms with Crippen molar-refractivity contribution in [1.82, 2.24) is 0 Å². The number of hydrogen-bond acceptors (Lipinski definition) is 6. The molecule has 0 bridgehead atoms. The first-order chi connectivity index (χ1) is 19.2. The van der Waals surface area contributed by atoms with E-state index in [1.165, 1.54) is 26.6 Å². The third kappa shape index (κ3) is 6.93. The van der Waals surface area contributed by atoms with Crippen molar-refractivity contribution in [2.45, 2.75) is 71.8 Å². The van der Waals surface area contributed by atoms with Gasteiger partial charge in [0, 0.05) is 35.1 Å². The molecule has 0 amide bonds. The van der Waals surface area contributed by atoms with Gasteiger partial charge in [-0.05, 0) is 80.5 Å². The number of ether oxygens (including phenoxy) is 1. The first-order valence-electron chi connectivity index (χ1n) is 13.9. The van der Waals surface area contributed by atoms with Crippen molar-refractivity contribution in [3.63, 3.8) is 0 Å². The molecule has 0 fully saturated rings. The van der Waals surface area contributed by atoms with Crippen LogP contribution in [0.25, 0.3) is 18.2 Å². The monoisotopic (exact) mass is 550 g/mol. The second kappa shape index (κ2) is 13.8. The zero-order valence-electron chi connectivity index (χ0n) is 24.5. The van der Waals surface area contributed by atoms with Crippen molar-refractivity contribution in [3.05, 3.63) is 79.3 Å². The summed E-state index contributed by atoms with van der Waals surface area (Å²) >= 11 is 1.78. The van der Waals surface area contributed by atoms with E-state index >= 15 is 0 Å². The van der Waals surface area contributed by atoms with E-state index in [4.69, 9.17) is 4.74 Å². The molecule has 3 rings (SSSR count). The summed E-state index contributed by atoms with van der Waals surface area (Å²) in [5, 5.41) is 28.7. The highest BCUT2D eigenvalue weighted by molar-refractivity contribution is 7.14. The number of anilines is 1. The maximum Gasteiger partial charge on any atom is 0.172 e. The first kappa shape index (κ1) is 30.5. The van der Waals surface area contributed by atoms with Crippen LogP contribution >= 0.6 is 11.3 Å². The lowest BCUT2D eigenvalue weighted by Gasteiger charge is -2.20. The van der Waals surface area contributed by atoms with Gasteiger partial charge in [-0.2, -0.15) is 15.8 Å². The molecule has 2 heterocycles. The minimum Gasteiger partial charge on any atom is -0.480 e. The maximum atomic E-state index is 9.93. The molecule has 1 aliphatic heterocycles. The van der Waals surface area contributed by atoms with Crippen molar-refractivity contribution in [2.24, 2.45) is 0 Å². The van der Waals surface area contributed by atoms with E-state index in [1.54, 1.807) is 11.3 Å². The van der Waals surface area contributed by atoms with Gasteiger partial charge in [-0.25, -0.2) is 0 Å². The van der Waals surface area contributed by atoms with Gasteiger partial charge in [-0.1, -0.05) is 51.0 Å². The van der Waals surface area contributed by atoms with Crippen LogP contribution < -0.4 is 4.90 Å². The smallest absolute Gasteiger partial charge is 0.172 e. The highest BCUT2D eigenvalue weighted by atomic mass is 32.1. The van der Waals surface area contributed by atoms with Crippen molar-refractivity contribution >= 4 is 35.3 Å². The predicted molar refractivity (Wildman–Crippen MR) is 166 cm³/mol. The third-order valence-corrected chi connectivity index (χ3v) is 8.25. The molecular formula is C34H38N4OS. The van der Waals surface area contributed by atoms with E-state index in [2.05, 4.69) is 67.3 Å². The molecule has 0 saturated heterocycles. The molecular weight excluding hydrogens is 512 g/mol.